The third-order valence-corrected chi connectivity index (χ3v) is 3.89. The van der Waals surface area contributed by atoms with E-state index in [-0.39, 0.29) is 5.82 Å². The maximum atomic E-state index is 13.1. The summed E-state index contributed by atoms with van der Waals surface area (Å²) < 4.78 is 13.1. The van der Waals surface area contributed by atoms with Crippen molar-refractivity contribution < 1.29 is 4.39 Å². The summed E-state index contributed by atoms with van der Waals surface area (Å²) in [6.07, 6.45) is 0. The summed E-state index contributed by atoms with van der Waals surface area (Å²) in [5.74, 6) is -0.346. The van der Waals surface area contributed by atoms with Gasteiger partial charge in [-0.05, 0) is 35.9 Å². The van der Waals surface area contributed by atoms with E-state index in [4.69, 9.17) is 46.4 Å². The van der Waals surface area contributed by atoms with E-state index in [0.29, 0.717) is 37.9 Å². The summed E-state index contributed by atoms with van der Waals surface area (Å²) in [6.45, 7) is 0.328. The lowest BCUT2D eigenvalue weighted by Crippen LogP contribution is -2.01. The molecule has 0 heterocycles. The van der Waals surface area contributed by atoms with Crippen LogP contribution in [0.5, 0.6) is 0 Å². The fraction of sp³-hybridized carbons (Fsp3) is 0.0769. The van der Waals surface area contributed by atoms with Crippen LogP contribution in [0.15, 0.2) is 30.3 Å². The quantitative estimate of drug-likeness (QED) is 0.671. The molecule has 0 saturated carbocycles. The van der Waals surface area contributed by atoms with Crippen LogP contribution in [0.1, 0.15) is 5.56 Å². The Bertz CT molecular complexity index is 616. The minimum atomic E-state index is -0.346. The van der Waals surface area contributed by atoms with Gasteiger partial charge < -0.3 is 5.32 Å². The van der Waals surface area contributed by atoms with Gasteiger partial charge in [0.1, 0.15) is 5.82 Å². The Morgan fingerprint density at radius 3 is 2.26 bits per heavy atom. The van der Waals surface area contributed by atoms with Gasteiger partial charge in [-0.2, -0.15) is 0 Å². The lowest BCUT2D eigenvalue weighted by atomic mass is 10.2. The van der Waals surface area contributed by atoms with Crippen LogP contribution in [-0.2, 0) is 6.54 Å². The van der Waals surface area contributed by atoms with Crippen molar-refractivity contribution in [1.82, 2.24) is 0 Å². The van der Waals surface area contributed by atoms with Crippen LogP contribution >= 0.6 is 46.4 Å². The average molecular weight is 339 g/mol. The van der Waals surface area contributed by atoms with Gasteiger partial charge in [-0.1, -0.05) is 46.4 Å². The molecule has 2 rings (SSSR count). The van der Waals surface area contributed by atoms with E-state index in [2.05, 4.69) is 5.32 Å². The highest BCUT2D eigenvalue weighted by molar-refractivity contribution is 6.44. The second-order valence-corrected chi connectivity index (χ2v) is 5.46. The van der Waals surface area contributed by atoms with Gasteiger partial charge in [0, 0.05) is 11.6 Å². The molecule has 0 saturated heterocycles. The maximum absolute atomic E-state index is 13.1. The van der Waals surface area contributed by atoms with Gasteiger partial charge in [-0.25, -0.2) is 4.39 Å². The molecule has 19 heavy (non-hydrogen) atoms. The molecule has 1 N–H and O–H groups in total. The van der Waals surface area contributed by atoms with Crippen LogP contribution in [0.25, 0.3) is 0 Å². The van der Waals surface area contributed by atoms with Gasteiger partial charge in [0.2, 0.25) is 0 Å². The monoisotopic (exact) mass is 337 g/mol. The number of nitrogens with one attached hydrogen (secondary N) is 1. The molecular weight excluding hydrogens is 331 g/mol. The van der Waals surface area contributed by atoms with Crippen molar-refractivity contribution >= 4 is 52.1 Å². The first-order chi connectivity index (χ1) is 8.97. The largest absolute Gasteiger partial charge is 0.380 e. The summed E-state index contributed by atoms with van der Waals surface area (Å²) in [5.41, 5.74) is 1.24. The zero-order valence-corrected chi connectivity index (χ0v) is 12.5. The van der Waals surface area contributed by atoms with Crippen LogP contribution in [0.4, 0.5) is 10.1 Å². The minimum absolute atomic E-state index is 0.328. The van der Waals surface area contributed by atoms with E-state index in [1.165, 1.54) is 18.2 Å². The van der Waals surface area contributed by atoms with Gasteiger partial charge in [0.05, 0.1) is 20.8 Å². The first kappa shape index (κ1) is 14.7. The van der Waals surface area contributed by atoms with Gasteiger partial charge in [0.15, 0.2) is 0 Å². The SMILES string of the molecule is Fc1ccc(Cl)c(CNc2cc(Cl)c(Cl)cc2Cl)c1. The van der Waals surface area contributed by atoms with Crippen LogP contribution in [0.3, 0.4) is 0 Å². The van der Waals surface area contributed by atoms with Crippen molar-refractivity contribution in [3.8, 4) is 0 Å². The van der Waals surface area contributed by atoms with Gasteiger partial charge in [-0.3, -0.25) is 0 Å². The maximum Gasteiger partial charge on any atom is 0.123 e. The highest BCUT2D eigenvalue weighted by Crippen LogP contribution is 2.32. The average Bonchev–Trinajstić information content (AvgIpc) is 2.36. The van der Waals surface area contributed by atoms with Gasteiger partial charge >= 0.3 is 0 Å². The molecule has 1 nitrogen and oxygen atoms in total. The smallest absolute Gasteiger partial charge is 0.123 e. The predicted molar refractivity (Wildman–Crippen MR) is 80.2 cm³/mol. The van der Waals surface area contributed by atoms with Crippen LogP contribution < -0.4 is 5.32 Å². The Balaban J connectivity index is 2.19. The second kappa shape index (κ2) is 6.19. The Hall–Kier alpha value is -0.670. The fourth-order valence-electron chi connectivity index (χ4n) is 1.53. The van der Waals surface area contributed by atoms with Crippen molar-refractivity contribution in [1.29, 1.82) is 0 Å². The normalized spacial score (nSPS) is 10.6. The molecule has 100 valence electrons. The second-order valence-electron chi connectivity index (χ2n) is 3.84. The van der Waals surface area contributed by atoms with Gasteiger partial charge in [0.25, 0.3) is 0 Å². The zero-order valence-electron chi connectivity index (χ0n) is 9.48. The fourth-order valence-corrected chi connectivity index (χ4v) is 2.33. The van der Waals surface area contributed by atoms with E-state index in [0.717, 1.165) is 0 Å². The molecule has 2 aromatic rings. The first-order valence-electron chi connectivity index (χ1n) is 5.29. The van der Waals surface area contributed by atoms with Crippen molar-refractivity contribution in [3.63, 3.8) is 0 Å². The Kier molecular flexibility index (Phi) is 4.80. The molecule has 6 heteroatoms. The molecule has 0 atom stereocenters. The van der Waals surface area contributed by atoms with Crippen LogP contribution in [0, 0.1) is 5.82 Å². The summed E-state index contributed by atoms with van der Waals surface area (Å²) in [6, 6.07) is 7.32. The molecule has 0 aliphatic heterocycles. The van der Waals surface area contributed by atoms with Crippen molar-refractivity contribution in [3.05, 3.63) is 61.8 Å². The molecular formula is C13H8Cl4FN. The van der Waals surface area contributed by atoms with Crippen LogP contribution in [-0.4, -0.2) is 0 Å². The third-order valence-electron chi connectivity index (χ3n) is 2.49. The van der Waals surface area contributed by atoms with E-state index in [1.807, 2.05) is 0 Å². The van der Waals surface area contributed by atoms with E-state index >= 15 is 0 Å². The predicted octanol–water partition coefficient (Wildman–Crippen LogP) is 6.05. The summed E-state index contributed by atoms with van der Waals surface area (Å²) in [4.78, 5) is 0. The lowest BCUT2D eigenvalue weighted by Gasteiger charge is -2.11. The number of anilines is 1. The van der Waals surface area contributed by atoms with E-state index in [9.17, 15) is 4.39 Å². The number of benzene rings is 2. The molecule has 0 aromatic heterocycles. The number of hydrogen-bond donors (Lipinski definition) is 1. The molecule has 0 amide bonds. The van der Waals surface area contributed by atoms with Gasteiger partial charge in [-0.15, -0.1) is 0 Å². The Morgan fingerprint density at radius 1 is 0.842 bits per heavy atom. The van der Waals surface area contributed by atoms with Crippen molar-refractivity contribution in [2.75, 3.05) is 5.32 Å². The molecule has 0 unspecified atom stereocenters. The summed E-state index contributed by atoms with van der Waals surface area (Å²) in [7, 11) is 0. The van der Waals surface area contributed by atoms with E-state index < -0.39 is 0 Å². The topological polar surface area (TPSA) is 12.0 Å². The molecule has 0 radical (unpaired) electrons. The minimum Gasteiger partial charge on any atom is -0.380 e. The standard InChI is InChI=1S/C13H8Cl4FN/c14-9-2-1-8(18)3-7(9)6-19-13-5-11(16)10(15)4-12(13)17/h1-5,19H,6H2. The Labute approximate surface area is 130 Å². The molecule has 0 aliphatic carbocycles. The molecule has 0 bridgehead atoms. The summed E-state index contributed by atoms with van der Waals surface area (Å²) >= 11 is 23.7. The lowest BCUT2D eigenvalue weighted by molar-refractivity contribution is 0.626. The third kappa shape index (κ3) is 3.67. The molecule has 0 fully saturated rings. The first-order valence-corrected chi connectivity index (χ1v) is 6.81. The molecule has 0 aliphatic rings. The Morgan fingerprint density at radius 2 is 1.53 bits per heavy atom. The highest BCUT2D eigenvalue weighted by Gasteiger charge is 2.07. The summed E-state index contributed by atoms with van der Waals surface area (Å²) in [5, 5.41) is 4.71. The van der Waals surface area contributed by atoms with Crippen molar-refractivity contribution in [2.24, 2.45) is 0 Å². The van der Waals surface area contributed by atoms with Crippen molar-refractivity contribution in [2.45, 2.75) is 6.54 Å². The molecule has 2 aromatic carbocycles. The number of rotatable bonds is 3. The van der Waals surface area contributed by atoms with E-state index in [1.54, 1.807) is 12.1 Å². The molecule has 0 spiro atoms. The highest BCUT2D eigenvalue weighted by atomic mass is 35.5. The van der Waals surface area contributed by atoms with Crippen LogP contribution in [0.2, 0.25) is 20.1 Å². The number of halogens is 5. The zero-order chi connectivity index (χ0) is 14.0. The number of hydrogen-bond acceptors (Lipinski definition) is 1.